The van der Waals surface area contributed by atoms with Crippen LogP contribution in [0.25, 0.3) is 0 Å². The van der Waals surface area contributed by atoms with Crippen LogP contribution in [0.3, 0.4) is 0 Å². The third-order valence-corrected chi connectivity index (χ3v) is 3.94. The van der Waals surface area contributed by atoms with E-state index >= 15 is 0 Å². The monoisotopic (exact) mass is 317 g/mol. The molecule has 1 aliphatic heterocycles. The van der Waals surface area contributed by atoms with Crippen LogP contribution in [-0.4, -0.2) is 29.1 Å². The molecule has 1 aromatic carbocycles. The largest absolute Gasteiger partial charge is 0.394 e. The van der Waals surface area contributed by atoms with Gasteiger partial charge in [-0.25, -0.2) is 15.2 Å². The van der Waals surface area contributed by atoms with Crippen molar-refractivity contribution in [3.63, 3.8) is 0 Å². The SMILES string of the molecule is Nc1cnc(N2CCC(N)CC2)nc1N(N)c1ccc(F)cc1. The Hall–Kier alpha value is -2.45. The van der Waals surface area contributed by atoms with E-state index < -0.39 is 0 Å². The summed E-state index contributed by atoms with van der Waals surface area (Å²) in [5.74, 6) is 6.71. The zero-order chi connectivity index (χ0) is 16.4. The van der Waals surface area contributed by atoms with E-state index in [1.54, 1.807) is 12.1 Å². The molecule has 2 aromatic rings. The number of benzene rings is 1. The Morgan fingerprint density at radius 3 is 2.48 bits per heavy atom. The van der Waals surface area contributed by atoms with Gasteiger partial charge in [0.15, 0.2) is 5.82 Å². The van der Waals surface area contributed by atoms with Crippen molar-refractivity contribution >= 4 is 23.1 Å². The second-order valence-corrected chi connectivity index (χ2v) is 5.62. The summed E-state index contributed by atoms with van der Waals surface area (Å²) in [6.07, 6.45) is 3.33. The molecule has 7 nitrogen and oxygen atoms in total. The Bertz CT molecular complexity index is 668. The molecule has 122 valence electrons. The third-order valence-electron chi connectivity index (χ3n) is 3.94. The average Bonchev–Trinajstić information content (AvgIpc) is 2.56. The van der Waals surface area contributed by atoms with E-state index in [-0.39, 0.29) is 11.9 Å². The standard InChI is InChI=1S/C15H20FN7/c16-10-1-3-12(4-2-10)23(19)14-13(18)9-20-15(21-14)22-7-5-11(17)6-8-22/h1-4,9,11H,5-8,17-19H2. The fourth-order valence-corrected chi connectivity index (χ4v) is 2.54. The van der Waals surface area contributed by atoms with Crippen molar-refractivity contribution in [1.29, 1.82) is 0 Å². The van der Waals surface area contributed by atoms with Crippen LogP contribution < -0.4 is 27.2 Å². The molecule has 1 saturated heterocycles. The van der Waals surface area contributed by atoms with Gasteiger partial charge >= 0.3 is 0 Å². The Morgan fingerprint density at radius 2 is 1.83 bits per heavy atom. The van der Waals surface area contributed by atoms with E-state index in [1.165, 1.54) is 23.3 Å². The predicted octanol–water partition coefficient (Wildman–Crippen LogP) is 1.14. The Labute approximate surface area is 133 Å². The molecule has 1 fully saturated rings. The number of hydrogen-bond acceptors (Lipinski definition) is 7. The lowest BCUT2D eigenvalue weighted by atomic mass is 10.1. The van der Waals surface area contributed by atoms with E-state index in [0.717, 1.165) is 25.9 Å². The lowest BCUT2D eigenvalue weighted by Crippen LogP contribution is -2.40. The van der Waals surface area contributed by atoms with Gasteiger partial charge in [0, 0.05) is 19.1 Å². The van der Waals surface area contributed by atoms with Gasteiger partial charge in [0.05, 0.1) is 17.6 Å². The maximum Gasteiger partial charge on any atom is 0.227 e. The smallest absolute Gasteiger partial charge is 0.227 e. The molecule has 8 heteroatoms. The fraction of sp³-hybridized carbons (Fsp3) is 0.333. The molecule has 0 saturated carbocycles. The van der Waals surface area contributed by atoms with Gasteiger partial charge in [0.25, 0.3) is 0 Å². The maximum absolute atomic E-state index is 13.0. The highest BCUT2D eigenvalue weighted by atomic mass is 19.1. The molecular weight excluding hydrogens is 297 g/mol. The highest BCUT2D eigenvalue weighted by molar-refractivity contribution is 5.70. The topological polar surface area (TPSA) is 110 Å². The predicted molar refractivity (Wildman–Crippen MR) is 88.6 cm³/mol. The van der Waals surface area contributed by atoms with Crippen molar-refractivity contribution in [2.75, 3.05) is 28.7 Å². The number of nitrogen functional groups attached to an aromatic ring is 1. The second-order valence-electron chi connectivity index (χ2n) is 5.62. The zero-order valence-electron chi connectivity index (χ0n) is 12.7. The first-order chi connectivity index (χ1) is 11.0. The molecule has 0 aliphatic carbocycles. The number of rotatable bonds is 3. The lowest BCUT2D eigenvalue weighted by molar-refractivity contribution is 0.495. The van der Waals surface area contributed by atoms with Crippen LogP contribution in [0.5, 0.6) is 0 Å². The Morgan fingerprint density at radius 1 is 1.17 bits per heavy atom. The number of aromatic nitrogens is 2. The first kappa shape index (κ1) is 15.4. The van der Waals surface area contributed by atoms with Crippen LogP contribution >= 0.6 is 0 Å². The molecule has 0 bridgehead atoms. The van der Waals surface area contributed by atoms with Gasteiger partial charge in [0.1, 0.15) is 5.82 Å². The van der Waals surface area contributed by atoms with Crippen molar-refractivity contribution in [3.8, 4) is 0 Å². The van der Waals surface area contributed by atoms with E-state index in [0.29, 0.717) is 23.1 Å². The number of anilines is 4. The van der Waals surface area contributed by atoms with Gasteiger partial charge in [-0.2, -0.15) is 4.98 Å². The van der Waals surface area contributed by atoms with Crippen LogP contribution in [-0.2, 0) is 0 Å². The summed E-state index contributed by atoms with van der Waals surface area (Å²) in [4.78, 5) is 10.8. The van der Waals surface area contributed by atoms with Gasteiger partial charge < -0.3 is 16.4 Å². The minimum atomic E-state index is -0.330. The molecule has 23 heavy (non-hydrogen) atoms. The van der Waals surface area contributed by atoms with Gasteiger partial charge in [-0.3, -0.25) is 5.01 Å². The number of halogens is 1. The summed E-state index contributed by atoms with van der Waals surface area (Å²) < 4.78 is 13.0. The van der Waals surface area contributed by atoms with E-state index in [9.17, 15) is 4.39 Å². The summed E-state index contributed by atoms with van der Waals surface area (Å²) in [5.41, 5.74) is 12.8. The van der Waals surface area contributed by atoms with Crippen molar-refractivity contribution < 1.29 is 4.39 Å². The zero-order valence-corrected chi connectivity index (χ0v) is 12.7. The van der Waals surface area contributed by atoms with Crippen molar-refractivity contribution in [2.45, 2.75) is 18.9 Å². The molecule has 0 unspecified atom stereocenters. The lowest BCUT2D eigenvalue weighted by Gasteiger charge is -2.30. The maximum atomic E-state index is 13.0. The van der Waals surface area contributed by atoms with Gasteiger partial charge in [-0.05, 0) is 37.1 Å². The first-order valence-electron chi connectivity index (χ1n) is 7.48. The van der Waals surface area contributed by atoms with Crippen LogP contribution in [0, 0.1) is 5.82 Å². The molecular formula is C15H20FN7. The van der Waals surface area contributed by atoms with Crippen LogP contribution in [0.2, 0.25) is 0 Å². The molecule has 0 amide bonds. The molecule has 1 aromatic heterocycles. The fourth-order valence-electron chi connectivity index (χ4n) is 2.54. The highest BCUT2D eigenvalue weighted by Gasteiger charge is 2.20. The van der Waals surface area contributed by atoms with E-state index in [1.807, 2.05) is 0 Å². The number of nitrogens with zero attached hydrogens (tertiary/aromatic N) is 4. The van der Waals surface area contributed by atoms with Gasteiger partial charge in [-0.15, -0.1) is 0 Å². The quantitative estimate of drug-likeness (QED) is 0.575. The van der Waals surface area contributed by atoms with Crippen LogP contribution in [0.4, 0.5) is 27.5 Å². The van der Waals surface area contributed by atoms with Gasteiger partial charge in [-0.1, -0.05) is 0 Å². The molecule has 3 rings (SSSR count). The first-order valence-corrected chi connectivity index (χ1v) is 7.48. The molecule has 2 heterocycles. The molecule has 0 radical (unpaired) electrons. The van der Waals surface area contributed by atoms with Crippen molar-refractivity contribution in [3.05, 3.63) is 36.3 Å². The summed E-state index contributed by atoms with van der Waals surface area (Å²) in [7, 11) is 0. The summed E-state index contributed by atoms with van der Waals surface area (Å²) in [6, 6.07) is 6.02. The Kier molecular flexibility index (Phi) is 4.26. The van der Waals surface area contributed by atoms with E-state index in [4.69, 9.17) is 17.3 Å². The second kappa shape index (κ2) is 6.35. The molecule has 0 atom stereocenters. The third kappa shape index (κ3) is 3.33. The number of piperidine rings is 1. The normalized spacial score (nSPS) is 15.7. The van der Waals surface area contributed by atoms with E-state index in [2.05, 4.69) is 14.9 Å². The molecule has 6 N–H and O–H groups in total. The summed E-state index contributed by atoms with van der Waals surface area (Å²) in [5, 5.41) is 1.33. The van der Waals surface area contributed by atoms with Crippen LogP contribution in [0.15, 0.2) is 30.5 Å². The average molecular weight is 317 g/mol. The number of hydrogen-bond donors (Lipinski definition) is 3. The van der Waals surface area contributed by atoms with Crippen LogP contribution in [0.1, 0.15) is 12.8 Å². The van der Waals surface area contributed by atoms with Gasteiger partial charge in [0.2, 0.25) is 5.95 Å². The highest BCUT2D eigenvalue weighted by Crippen LogP contribution is 2.27. The molecule has 0 spiro atoms. The minimum Gasteiger partial charge on any atom is -0.394 e. The summed E-state index contributed by atoms with van der Waals surface area (Å²) in [6.45, 7) is 1.59. The number of nitrogens with two attached hydrogens (primary N) is 3. The minimum absolute atomic E-state index is 0.227. The van der Waals surface area contributed by atoms with Crippen molar-refractivity contribution in [1.82, 2.24) is 9.97 Å². The van der Waals surface area contributed by atoms with Crippen molar-refractivity contribution in [2.24, 2.45) is 11.6 Å². The Balaban J connectivity index is 1.86. The molecule has 1 aliphatic rings. The summed E-state index contributed by atoms with van der Waals surface area (Å²) >= 11 is 0. The number of hydrazine groups is 1.